The van der Waals surface area contributed by atoms with Crippen LogP contribution in [0.15, 0.2) is 30.3 Å². The molecule has 114 valence electrons. The summed E-state index contributed by atoms with van der Waals surface area (Å²) in [6, 6.07) is 8.95. The molecule has 2 unspecified atom stereocenters. The predicted molar refractivity (Wildman–Crippen MR) is 78.0 cm³/mol. The number of nitrogens with zero attached hydrogens (tertiary/aromatic N) is 1. The van der Waals surface area contributed by atoms with Crippen LogP contribution in [-0.2, 0) is 19.7 Å². The van der Waals surface area contributed by atoms with Crippen LogP contribution in [0.25, 0.3) is 0 Å². The molecule has 1 aromatic carbocycles. The highest BCUT2D eigenvalue weighted by molar-refractivity contribution is 5.89. The molecular formula is C16H21NO4. The molecule has 2 atom stereocenters. The molecule has 1 aliphatic rings. The first kappa shape index (κ1) is 15.5. The highest BCUT2D eigenvalue weighted by Gasteiger charge is 2.39. The molecule has 1 N–H and O–H groups in total. The summed E-state index contributed by atoms with van der Waals surface area (Å²) in [6.07, 6.45) is 0.747. The maximum Gasteiger partial charge on any atom is 0.314 e. The number of carbonyl (C=O) groups excluding carboxylic acids is 1. The Hall–Kier alpha value is -1.88. The summed E-state index contributed by atoms with van der Waals surface area (Å²) in [5.41, 5.74) is -0.576. The normalized spacial score (nSPS) is 20.8. The van der Waals surface area contributed by atoms with Crippen LogP contribution in [0.2, 0.25) is 0 Å². The van der Waals surface area contributed by atoms with Gasteiger partial charge in [0.25, 0.3) is 0 Å². The average Bonchev–Trinajstić information content (AvgIpc) is 3.01. The molecule has 1 amide bonds. The van der Waals surface area contributed by atoms with E-state index in [1.54, 1.807) is 43.1 Å². The minimum Gasteiger partial charge on any atom is -0.481 e. The number of benzene rings is 1. The lowest BCUT2D eigenvalue weighted by Gasteiger charge is -2.29. The summed E-state index contributed by atoms with van der Waals surface area (Å²) < 4.78 is 5.28. The van der Waals surface area contributed by atoms with Gasteiger partial charge in [-0.25, -0.2) is 0 Å². The number of aliphatic carboxylic acids is 1. The Morgan fingerprint density at radius 3 is 2.57 bits per heavy atom. The Morgan fingerprint density at radius 2 is 2.05 bits per heavy atom. The van der Waals surface area contributed by atoms with Gasteiger partial charge in [-0.05, 0) is 18.9 Å². The number of carboxylic acids is 1. The van der Waals surface area contributed by atoms with Gasteiger partial charge in [0.05, 0.1) is 18.1 Å². The number of likely N-dealkylation sites (N-methyl/N-ethyl adjacent to an activating group) is 1. The van der Waals surface area contributed by atoms with Crippen molar-refractivity contribution in [3.05, 3.63) is 35.9 Å². The van der Waals surface area contributed by atoms with Gasteiger partial charge in [0.15, 0.2) is 0 Å². The summed E-state index contributed by atoms with van der Waals surface area (Å²) in [6.45, 7) is 2.77. The van der Waals surface area contributed by atoms with Gasteiger partial charge in [0.1, 0.15) is 0 Å². The monoisotopic (exact) mass is 291 g/mol. The smallest absolute Gasteiger partial charge is 0.314 e. The van der Waals surface area contributed by atoms with Crippen LogP contribution in [0.3, 0.4) is 0 Å². The lowest BCUT2D eigenvalue weighted by Crippen LogP contribution is -2.43. The van der Waals surface area contributed by atoms with E-state index < -0.39 is 11.4 Å². The first-order valence-electron chi connectivity index (χ1n) is 7.07. The van der Waals surface area contributed by atoms with Gasteiger partial charge in [0.2, 0.25) is 5.91 Å². The van der Waals surface area contributed by atoms with Gasteiger partial charge in [-0.15, -0.1) is 0 Å². The molecule has 0 bridgehead atoms. The van der Waals surface area contributed by atoms with E-state index >= 15 is 0 Å². The largest absolute Gasteiger partial charge is 0.481 e. The molecule has 1 aromatic rings. The van der Waals surface area contributed by atoms with Crippen molar-refractivity contribution in [3.8, 4) is 0 Å². The fraction of sp³-hybridized carbons (Fsp3) is 0.500. The third-order valence-electron chi connectivity index (χ3n) is 4.23. The number of carboxylic acid groups (broad SMARTS) is 1. The second-order valence-corrected chi connectivity index (χ2v) is 5.70. The van der Waals surface area contributed by atoms with E-state index in [0.29, 0.717) is 18.8 Å². The zero-order chi connectivity index (χ0) is 15.5. The summed E-state index contributed by atoms with van der Waals surface area (Å²) in [4.78, 5) is 25.8. The van der Waals surface area contributed by atoms with Crippen molar-refractivity contribution in [2.24, 2.45) is 0 Å². The Kier molecular flexibility index (Phi) is 4.63. The molecule has 1 saturated heterocycles. The van der Waals surface area contributed by atoms with Crippen molar-refractivity contribution in [2.75, 3.05) is 20.3 Å². The Labute approximate surface area is 124 Å². The van der Waals surface area contributed by atoms with Gasteiger partial charge in [-0.2, -0.15) is 0 Å². The Bertz CT molecular complexity index is 510. The molecule has 0 aromatic heterocycles. The molecule has 0 saturated carbocycles. The van der Waals surface area contributed by atoms with Gasteiger partial charge < -0.3 is 14.7 Å². The quantitative estimate of drug-likeness (QED) is 0.896. The van der Waals surface area contributed by atoms with Gasteiger partial charge in [-0.1, -0.05) is 30.3 Å². The minimum atomic E-state index is -1.22. The first-order valence-corrected chi connectivity index (χ1v) is 7.07. The molecule has 21 heavy (non-hydrogen) atoms. The lowest BCUT2D eigenvalue weighted by molar-refractivity contribution is -0.147. The number of carbonyl (C=O) groups is 2. The molecule has 1 heterocycles. The van der Waals surface area contributed by atoms with Gasteiger partial charge in [-0.3, -0.25) is 9.59 Å². The maximum atomic E-state index is 12.4. The standard InChI is InChI=1S/C16H21NO4/c1-16(15(19)20,12-6-4-3-5-7-12)10-14(18)17(2)13-8-9-21-11-13/h3-7,13H,8-11H2,1-2H3,(H,19,20). The van der Waals surface area contributed by atoms with Crippen LogP contribution in [0.1, 0.15) is 25.3 Å². The highest BCUT2D eigenvalue weighted by atomic mass is 16.5. The molecular weight excluding hydrogens is 270 g/mol. The molecule has 2 rings (SSSR count). The van der Waals surface area contributed by atoms with Crippen LogP contribution in [0.5, 0.6) is 0 Å². The van der Waals surface area contributed by atoms with Crippen molar-refractivity contribution in [1.82, 2.24) is 4.90 Å². The zero-order valence-corrected chi connectivity index (χ0v) is 12.4. The van der Waals surface area contributed by atoms with Crippen molar-refractivity contribution in [3.63, 3.8) is 0 Å². The summed E-state index contributed by atoms with van der Waals surface area (Å²) in [5, 5.41) is 9.59. The molecule has 5 heteroatoms. The third kappa shape index (κ3) is 3.24. The van der Waals surface area contributed by atoms with Crippen molar-refractivity contribution >= 4 is 11.9 Å². The number of hydrogen-bond acceptors (Lipinski definition) is 3. The van der Waals surface area contributed by atoms with Crippen LogP contribution in [-0.4, -0.2) is 48.2 Å². The van der Waals surface area contributed by atoms with Gasteiger partial charge in [0, 0.05) is 20.1 Å². The fourth-order valence-corrected chi connectivity index (χ4v) is 2.57. The SMILES string of the molecule is CN(C(=O)CC(C)(C(=O)O)c1ccccc1)C1CCOC1. The van der Waals surface area contributed by atoms with Crippen molar-refractivity contribution in [2.45, 2.75) is 31.2 Å². The van der Waals surface area contributed by atoms with E-state index in [9.17, 15) is 14.7 Å². The topological polar surface area (TPSA) is 66.8 Å². The second kappa shape index (κ2) is 6.26. The average molecular weight is 291 g/mol. The van der Waals surface area contributed by atoms with Crippen LogP contribution < -0.4 is 0 Å². The number of hydrogen-bond donors (Lipinski definition) is 1. The van der Waals surface area contributed by atoms with Gasteiger partial charge >= 0.3 is 5.97 Å². The summed E-state index contributed by atoms with van der Waals surface area (Å²) in [7, 11) is 1.72. The third-order valence-corrected chi connectivity index (χ3v) is 4.23. The van der Waals surface area contributed by atoms with Crippen LogP contribution in [0, 0.1) is 0 Å². The van der Waals surface area contributed by atoms with E-state index in [-0.39, 0.29) is 18.4 Å². The van der Waals surface area contributed by atoms with Crippen molar-refractivity contribution < 1.29 is 19.4 Å². The fourth-order valence-electron chi connectivity index (χ4n) is 2.57. The second-order valence-electron chi connectivity index (χ2n) is 5.70. The molecule has 1 fully saturated rings. The van der Waals surface area contributed by atoms with E-state index in [0.717, 1.165) is 6.42 Å². The molecule has 0 spiro atoms. The Morgan fingerprint density at radius 1 is 1.38 bits per heavy atom. The van der Waals surface area contributed by atoms with E-state index in [4.69, 9.17) is 4.74 Å². The van der Waals surface area contributed by atoms with E-state index in [2.05, 4.69) is 0 Å². The minimum absolute atomic E-state index is 0.0475. The Balaban J connectivity index is 2.16. The van der Waals surface area contributed by atoms with Crippen LogP contribution in [0.4, 0.5) is 0 Å². The highest BCUT2D eigenvalue weighted by Crippen LogP contribution is 2.29. The predicted octanol–water partition coefficient (Wildman–Crippen LogP) is 1.67. The molecule has 0 aliphatic carbocycles. The lowest BCUT2D eigenvalue weighted by atomic mass is 9.79. The van der Waals surface area contributed by atoms with E-state index in [1.165, 1.54) is 0 Å². The summed E-state index contributed by atoms with van der Waals surface area (Å²) in [5.74, 6) is -1.16. The van der Waals surface area contributed by atoms with Crippen LogP contribution >= 0.6 is 0 Å². The molecule has 0 radical (unpaired) electrons. The van der Waals surface area contributed by atoms with E-state index in [1.807, 2.05) is 6.07 Å². The number of ether oxygens (including phenoxy) is 1. The molecule has 1 aliphatic heterocycles. The van der Waals surface area contributed by atoms with Crippen molar-refractivity contribution in [1.29, 1.82) is 0 Å². The maximum absolute atomic E-state index is 12.4. The zero-order valence-electron chi connectivity index (χ0n) is 12.4. The number of amides is 1. The summed E-state index contributed by atoms with van der Waals surface area (Å²) >= 11 is 0. The molecule has 5 nitrogen and oxygen atoms in total. The number of rotatable bonds is 5. The first-order chi connectivity index (χ1) is 9.95.